The Labute approximate surface area is 194 Å². The number of hydrogen-bond donors (Lipinski definition) is 2. The SMILES string of the molecule is C=CC(=O)OCCOC(=O)NCCCC1CC2CC1CC2CNC(=O)OCCOC(=O)C=C. The fraction of sp³-hybridized carbons (Fsp3) is 0.652. The fourth-order valence-corrected chi connectivity index (χ4v) is 4.66. The quantitative estimate of drug-likeness (QED) is 0.173. The molecule has 2 fully saturated rings. The maximum Gasteiger partial charge on any atom is 0.407 e. The van der Waals surface area contributed by atoms with Crippen LogP contribution >= 0.6 is 0 Å². The Balaban J connectivity index is 1.49. The van der Waals surface area contributed by atoms with Gasteiger partial charge in [0.1, 0.15) is 26.4 Å². The molecule has 0 heterocycles. The summed E-state index contributed by atoms with van der Waals surface area (Å²) >= 11 is 0. The molecule has 0 aromatic heterocycles. The van der Waals surface area contributed by atoms with E-state index < -0.39 is 24.1 Å². The van der Waals surface area contributed by atoms with Gasteiger partial charge >= 0.3 is 24.1 Å². The first-order chi connectivity index (χ1) is 15.9. The van der Waals surface area contributed by atoms with Crippen molar-refractivity contribution in [2.75, 3.05) is 39.5 Å². The predicted molar refractivity (Wildman–Crippen MR) is 118 cm³/mol. The highest BCUT2D eigenvalue weighted by Gasteiger charge is 2.45. The number of amides is 2. The minimum absolute atomic E-state index is 0.00230. The first-order valence-corrected chi connectivity index (χ1v) is 11.3. The molecule has 0 aromatic rings. The maximum absolute atomic E-state index is 11.8. The van der Waals surface area contributed by atoms with Crippen molar-refractivity contribution in [3.05, 3.63) is 25.3 Å². The highest BCUT2D eigenvalue weighted by molar-refractivity contribution is 5.81. The average Bonchev–Trinajstić information content (AvgIpc) is 3.40. The zero-order chi connectivity index (χ0) is 24.1. The van der Waals surface area contributed by atoms with Crippen molar-refractivity contribution in [1.82, 2.24) is 10.6 Å². The molecule has 2 aliphatic rings. The number of fused-ring (bicyclic) bond motifs is 2. The van der Waals surface area contributed by atoms with Gasteiger partial charge in [-0.25, -0.2) is 19.2 Å². The second kappa shape index (κ2) is 14.2. The first-order valence-electron chi connectivity index (χ1n) is 11.3. The van der Waals surface area contributed by atoms with Gasteiger partial charge in [0.25, 0.3) is 0 Å². The van der Waals surface area contributed by atoms with Crippen LogP contribution in [0.1, 0.15) is 32.1 Å². The third-order valence-corrected chi connectivity index (χ3v) is 6.13. The lowest BCUT2D eigenvalue weighted by atomic mass is 9.80. The highest BCUT2D eigenvalue weighted by Crippen LogP contribution is 2.52. The number of carbonyl (C=O) groups excluding carboxylic acids is 4. The van der Waals surface area contributed by atoms with Gasteiger partial charge in [0.2, 0.25) is 0 Å². The third-order valence-electron chi connectivity index (χ3n) is 6.13. The summed E-state index contributed by atoms with van der Waals surface area (Å²) < 4.78 is 19.4. The van der Waals surface area contributed by atoms with Crippen molar-refractivity contribution in [2.45, 2.75) is 32.1 Å². The zero-order valence-electron chi connectivity index (χ0n) is 18.9. The molecule has 2 amide bonds. The van der Waals surface area contributed by atoms with Gasteiger partial charge in [-0.3, -0.25) is 0 Å². The Morgan fingerprint density at radius 2 is 1.24 bits per heavy atom. The Bertz CT molecular complexity index is 711. The third kappa shape index (κ3) is 9.55. The van der Waals surface area contributed by atoms with Crippen LogP contribution in [0.25, 0.3) is 0 Å². The van der Waals surface area contributed by atoms with E-state index in [1.807, 2.05) is 0 Å². The minimum Gasteiger partial charge on any atom is -0.459 e. The van der Waals surface area contributed by atoms with Gasteiger partial charge in [0.15, 0.2) is 0 Å². The summed E-state index contributed by atoms with van der Waals surface area (Å²) in [6.45, 7) is 7.72. The molecule has 0 saturated heterocycles. The van der Waals surface area contributed by atoms with Gasteiger partial charge in [0, 0.05) is 25.2 Å². The van der Waals surface area contributed by atoms with Crippen LogP contribution in [0, 0.1) is 23.7 Å². The lowest BCUT2D eigenvalue weighted by molar-refractivity contribution is -0.139. The molecular formula is C23H34N2O8. The number of rotatable bonds is 14. The van der Waals surface area contributed by atoms with Crippen LogP contribution < -0.4 is 10.6 Å². The van der Waals surface area contributed by atoms with E-state index in [9.17, 15) is 19.2 Å². The molecule has 2 N–H and O–H groups in total. The number of alkyl carbamates (subject to hydrolysis) is 2. The Kier molecular flexibility index (Phi) is 11.3. The van der Waals surface area contributed by atoms with E-state index >= 15 is 0 Å². The molecule has 2 bridgehead atoms. The smallest absolute Gasteiger partial charge is 0.407 e. The van der Waals surface area contributed by atoms with Gasteiger partial charge in [-0.05, 0) is 55.8 Å². The van der Waals surface area contributed by atoms with E-state index in [4.69, 9.17) is 18.9 Å². The molecule has 2 saturated carbocycles. The number of esters is 2. The monoisotopic (exact) mass is 466 g/mol. The van der Waals surface area contributed by atoms with Gasteiger partial charge in [0.05, 0.1) is 0 Å². The van der Waals surface area contributed by atoms with Crippen molar-refractivity contribution in [3.8, 4) is 0 Å². The van der Waals surface area contributed by atoms with Crippen LogP contribution in [0.4, 0.5) is 9.59 Å². The number of hydrogen-bond acceptors (Lipinski definition) is 8. The van der Waals surface area contributed by atoms with Crippen LogP contribution in [-0.4, -0.2) is 63.6 Å². The molecular weight excluding hydrogens is 432 g/mol. The van der Waals surface area contributed by atoms with Crippen LogP contribution in [0.2, 0.25) is 0 Å². The summed E-state index contributed by atoms with van der Waals surface area (Å²) in [4.78, 5) is 45.2. The normalized spacial score (nSPS) is 22.7. The molecule has 4 atom stereocenters. The molecule has 0 spiro atoms. The topological polar surface area (TPSA) is 129 Å². The summed E-state index contributed by atoms with van der Waals surface area (Å²) in [5, 5.41) is 5.51. The van der Waals surface area contributed by atoms with Crippen molar-refractivity contribution < 1.29 is 38.1 Å². The van der Waals surface area contributed by atoms with Gasteiger partial charge < -0.3 is 29.6 Å². The summed E-state index contributed by atoms with van der Waals surface area (Å²) in [5.74, 6) is 1.27. The number of carbonyl (C=O) groups is 4. The molecule has 0 radical (unpaired) electrons. The summed E-state index contributed by atoms with van der Waals surface area (Å²) in [6.07, 6.45) is 6.43. The molecule has 0 aromatic carbocycles. The number of nitrogens with one attached hydrogen (secondary N) is 2. The second-order valence-corrected chi connectivity index (χ2v) is 8.21. The Hall–Kier alpha value is -3.04. The van der Waals surface area contributed by atoms with Gasteiger partial charge in [-0.2, -0.15) is 0 Å². The first kappa shape index (κ1) is 26.2. The Morgan fingerprint density at radius 1 is 0.727 bits per heavy atom. The fourth-order valence-electron chi connectivity index (χ4n) is 4.66. The van der Waals surface area contributed by atoms with Crippen LogP contribution in [0.5, 0.6) is 0 Å². The van der Waals surface area contributed by atoms with E-state index in [0.717, 1.165) is 37.8 Å². The average molecular weight is 467 g/mol. The lowest BCUT2D eigenvalue weighted by Gasteiger charge is -2.28. The highest BCUT2D eigenvalue weighted by atomic mass is 16.6. The van der Waals surface area contributed by atoms with Crippen molar-refractivity contribution >= 4 is 24.1 Å². The predicted octanol–water partition coefficient (Wildman–Crippen LogP) is 2.34. The number of ether oxygens (including phenoxy) is 4. The molecule has 10 nitrogen and oxygen atoms in total. The maximum atomic E-state index is 11.8. The molecule has 33 heavy (non-hydrogen) atoms. The van der Waals surface area contributed by atoms with Crippen LogP contribution in [0.3, 0.4) is 0 Å². The largest absolute Gasteiger partial charge is 0.459 e. The summed E-state index contributed by atoms with van der Waals surface area (Å²) in [6, 6.07) is 0. The van der Waals surface area contributed by atoms with Gasteiger partial charge in [-0.1, -0.05) is 13.2 Å². The lowest BCUT2D eigenvalue weighted by Crippen LogP contribution is -2.33. The van der Waals surface area contributed by atoms with Crippen molar-refractivity contribution in [3.63, 3.8) is 0 Å². The van der Waals surface area contributed by atoms with E-state index in [2.05, 4.69) is 23.8 Å². The molecule has 184 valence electrons. The summed E-state index contributed by atoms with van der Waals surface area (Å²) in [7, 11) is 0. The molecule has 0 aliphatic heterocycles. The van der Waals surface area contributed by atoms with Crippen molar-refractivity contribution in [2.24, 2.45) is 23.7 Å². The molecule has 4 unspecified atom stereocenters. The molecule has 2 aliphatic carbocycles. The van der Waals surface area contributed by atoms with Gasteiger partial charge in [-0.15, -0.1) is 0 Å². The standard InChI is InChI=1S/C23H34N2O8/c1-3-20(26)30-8-10-32-22(28)24-7-5-6-16-12-18-13-17(16)14-19(18)15-25-23(29)33-11-9-31-21(27)4-2/h3-4,16-19H,1-2,5-15H2,(H,24,28)(H,25,29). The molecule has 10 heteroatoms. The minimum atomic E-state index is -0.549. The van der Waals surface area contributed by atoms with Crippen molar-refractivity contribution in [1.29, 1.82) is 0 Å². The second-order valence-electron chi connectivity index (χ2n) is 8.21. The molecule has 2 rings (SSSR count). The summed E-state index contributed by atoms with van der Waals surface area (Å²) in [5.41, 5.74) is 0. The van der Waals surface area contributed by atoms with Crippen LogP contribution in [0.15, 0.2) is 25.3 Å². The Morgan fingerprint density at radius 3 is 1.79 bits per heavy atom. The van der Waals surface area contributed by atoms with E-state index in [1.165, 1.54) is 6.42 Å². The van der Waals surface area contributed by atoms with Crippen LogP contribution in [-0.2, 0) is 28.5 Å². The zero-order valence-corrected chi connectivity index (χ0v) is 18.9. The van der Waals surface area contributed by atoms with E-state index in [1.54, 1.807) is 0 Å². The van der Waals surface area contributed by atoms with E-state index in [-0.39, 0.29) is 26.4 Å². The van der Waals surface area contributed by atoms with E-state index in [0.29, 0.717) is 36.8 Å².